The van der Waals surface area contributed by atoms with Crippen LogP contribution in [0.4, 0.5) is 0 Å². The lowest BCUT2D eigenvalue weighted by Gasteiger charge is -1.97. The van der Waals surface area contributed by atoms with E-state index in [0.717, 1.165) is 27.1 Å². The Morgan fingerprint density at radius 1 is 1.29 bits per heavy atom. The van der Waals surface area contributed by atoms with E-state index in [-0.39, 0.29) is 0 Å². The van der Waals surface area contributed by atoms with E-state index in [0.29, 0.717) is 6.54 Å². The van der Waals surface area contributed by atoms with Gasteiger partial charge in [-0.25, -0.2) is 9.50 Å². The summed E-state index contributed by atoms with van der Waals surface area (Å²) in [5.41, 5.74) is 9.50. The number of rotatable bonds is 2. The van der Waals surface area contributed by atoms with E-state index in [1.165, 1.54) is 0 Å². The summed E-state index contributed by atoms with van der Waals surface area (Å²) in [5, 5.41) is 3.27. The summed E-state index contributed by atoms with van der Waals surface area (Å²) >= 11 is 3.42. The molecule has 0 aliphatic heterocycles. The van der Waals surface area contributed by atoms with Crippen LogP contribution < -0.4 is 5.73 Å². The second kappa shape index (κ2) is 4.01. The van der Waals surface area contributed by atoms with Gasteiger partial charge in [-0.05, 0) is 17.7 Å². The summed E-state index contributed by atoms with van der Waals surface area (Å²) in [7, 11) is 0. The third-order valence-corrected chi connectivity index (χ3v) is 3.19. The molecule has 3 aromatic rings. The maximum absolute atomic E-state index is 5.54. The predicted molar refractivity (Wildman–Crippen MR) is 70.6 cm³/mol. The molecule has 0 spiro atoms. The maximum atomic E-state index is 5.54. The quantitative estimate of drug-likeness (QED) is 0.762. The van der Waals surface area contributed by atoms with Gasteiger partial charge in [-0.1, -0.05) is 28.1 Å². The molecule has 4 nitrogen and oxygen atoms in total. The summed E-state index contributed by atoms with van der Waals surface area (Å²) in [6, 6.07) is 10.2. The molecule has 2 heterocycles. The number of fused-ring (bicyclic) bond motifs is 1. The highest BCUT2D eigenvalue weighted by Gasteiger charge is 2.06. The molecule has 2 aromatic heterocycles. The number of nitrogens with zero attached hydrogens (tertiary/aromatic N) is 2. The molecule has 0 aliphatic rings. The number of nitrogens with two attached hydrogens (primary N) is 1. The Hall–Kier alpha value is -1.59. The first-order chi connectivity index (χ1) is 8.26. The number of H-pyrrole nitrogens is 1. The minimum atomic E-state index is 0.461. The van der Waals surface area contributed by atoms with Crippen molar-refractivity contribution in [3.8, 4) is 11.3 Å². The van der Waals surface area contributed by atoms with Crippen molar-refractivity contribution >= 4 is 21.6 Å². The third kappa shape index (κ3) is 1.87. The van der Waals surface area contributed by atoms with Gasteiger partial charge >= 0.3 is 0 Å². The van der Waals surface area contributed by atoms with Crippen molar-refractivity contribution in [3.63, 3.8) is 0 Å². The smallest absolute Gasteiger partial charge is 0.153 e. The van der Waals surface area contributed by atoms with E-state index in [4.69, 9.17) is 5.73 Å². The van der Waals surface area contributed by atoms with Crippen LogP contribution in [0.5, 0.6) is 0 Å². The fourth-order valence-corrected chi connectivity index (χ4v) is 2.07. The molecule has 5 heteroatoms. The van der Waals surface area contributed by atoms with Crippen molar-refractivity contribution < 1.29 is 0 Å². The van der Waals surface area contributed by atoms with E-state index in [1.807, 2.05) is 28.9 Å². The maximum Gasteiger partial charge on any atom is 0.153 e. The molecule has 0 bridgehead atoms. The van der Waals surface area contributed by atoms with Gasteiger partial charge in [-0.3, -0.25) is 5.10 Å². The second-order valence-corrected chi connectivity index (χ2v) is 4.76. The molecular formula is C12H11BrN4. The van der Waals surface area contributed by atoms with E-state index in [1.54, 1.807) is 0 Å². The molecule has 0 radical (unpaired) electrons. The summed E-state index contributed by atoms with van der Waals surface area (Å²) in [6.45, 7) is 0.461. The molecular weight excluding hydrogens is 280 g/mol. The van der Waals surface area contributed by atoms with Crippen molar-refractivity contribution in [1.29, 1.82) is 0 Å². The van der Waals surface area contributed by atoms with Crippen LogP contribution in [-0.2, 0) is 6.54 Å². The molecule has 3 rings (SSSR count). The summed E-state index contributed by atoms with van der Waals surface area (Å²) in [5.74, 6) is 0. The summed E-state index contributed by atoms with van der Waals surface area (Å²) in [6.07, 6.45) is 1.91. The first-order valence-electron chi connectivity index (χ1n) is 5.29. The van der Waals surface area contributed by atoms with Gasteiger partial charge in [0.2, 0.25) is 0 Å². The Bertz CT molecular complexity index is 619. The Morgan fingerprint density at radius 2 is 2.06 bits per heavy atom. The highest BCUT2D eigenvalue weighted by Crippen LogP contribution is 2.21. The zero-order valence-electron chi connectivity index (χ0n) is 9.02. The monoisotopic (exact) mass is 290 g/mol. The number of aromatic amines is 1. The average Bonchev–Trinajstić information content (AvgIpc) is 2.87. The summed E-state index contributed by atoms with van der Waals surface area (Å²) < 4.78 is 2.96. The molecule has 0 amide bonds. The van der Waals surface area contributed by atoms with Crippen LogP contribution in [0.2, 0.25) is 0 Å². The van der Waals surface area contributed by atoms with Crippen molar-refractivity contribution in [2.45, 2.75) is 6.54 Å². The van der Waals surface area contributed by atoms with Crippen LogP contribution in [0.3, 0.4) is 0 Å². The minimum Gasteiger partial charge on any atom is -0.325 e. The van der Waals surface area contributed by atoms with Crippen LogP contribution in [-0.4, -0.2) is 14.6 Å². The van der Waals surface area contributed by atoms with E-state index >= 15 is 0 Å². The Morgan fingerprint density at radius 3 is 2.71 bits per heavy atom. The molecule has 17 heavy (non-hydrogen) atoms. The lowest BCUT2D eigenvalue weighted by Crippen LogP contribution is -1.95. The van der Waals surface area contributed by atoms with Gasteiger partial charge in [-0.15, -0.1) is 0 Å². The number of nitrogens with one attached hydrogen (secondary N) is 1. The van der Waals surface area contributed by atoms with Gasteiger partial charge in [0.1, 0.15) is 0 Å². The molecule has 0 saturated carbocycles. The summed E-state index contributed by atoms with van der Waals surface area (Å²) in [4.78, 5) is 4.39. The Balaban J connectivity index is 2.06. The lowest BCUT2D eigenvalue weighted by molar-refractivity contribution is 0.959. The molecule has 0 saturated heterocycles. The Kier molecular flexibility index (Phi) is 2.49. The van der Waals surface area contributed by atoms with E-state index in [9.17, 15) is 0 Å². The van der Waals surface area contributed by atoms with E-state index in [2.05, 4.69) is 38.1 Å². The van der Waals surface area contributed by atoms with Gasteiger partial charge in [-0.2, -0.15) is 0 Å². The minimum absolute atomic E-state index is 0.461. The lowest BCUT2D eigenvalue weighted by atomic mass is 10.2. The molecule has 0 unspecified atom stereocenters. The molecule has 0 fully saturated rings. The number of benzene rings is 1. The topological polar surface area (TPSA) is 59.1 Å². The van der Waals surface area contributed by atoms with Gasteiger partial charge in [0.15, 0.2) is 5.65 Å². The highest BCUT2D eigenvalue weighted by molar-refractivity contribution is 9.10. The van der Waals surface area contributed by atoms with Crippen molar-refractivity contribution in [1.82, 2.24) is 14.6 Å². The molecule has 0 atom stereocenters. The predicted octanol–water partition coefficient (Wildman–Crippen LogP) is 2.55. The van der Waals surface area contributed by atoms with Crippen LogP contribution in [0.15, 0.2) is 41.0 Å². The normalized spacial score (nSPS) is 11.2. The average molecular weight is 291 g/mol. The zero-order valence-corrected chi connectivity index (χ0v) is 10.6. The van der Waals surface area contributed by atoms with Crippen LogP contribution >= 0.6 is 15.9 Å². The van der Waals surface area contributed by atoms with Crippen LogP contribution in [0.25, 0.3) is 16.9 Å². The largest absolute Gasteiger partial charge is 0.325 e. The van der Waals surface area contributed by atoms with Gasteiger partial charge in [0.25, 0.3) is 0 Å². The number of aromatic nitrogens is 3. The zero-order chi connectivity index (χ0) is 11.8. The van der Waals surface area contributed by atoms with Crippen molar-refractivity contribution in [3.05, 3.63) is 46.7 Å². The fraction of sp³-hybridized carbons (Fsp3) is 0.0833. The van der Waals surface area contributed by atoms with Gasteiger partial charge in [0, 0.05) is 17.1 Å². The first-order valence-corrected chi connectivity index (χ1v) is 6.08. The molecule has 1 aromatic carbocycles. The SMILES string of the molecule is NCc1cn2[nH]c(-c3ccc(Br)cc3)cc2n1. The van der Waals surface area contributed by atoms with Crippen molar-refractivity contribution in [2.75, 3.05) is 0 Å². The Labute approximate surface area is 107 Å². The fourth-order valence-electron chi connectivity index (χ4n) is 1.80. The number of imidazole rings is 1. The number of halogens is 1. The van der Waals surface area contributed by atoms with Gasteiger partial charge in [0.05, 0.1) is 17.6 Å². The molecule has 86 valence electrons. The van der Waals surface area contributed by atoms with E-state index < -0.39 is 0 Å². The van der Waals surface area contributed by atoms with Crippen LogP contribution in [0.1, 0.15) is 5.69 Å². The molecule has 3 N–H and O–H groups in total. The second-order valence-electron chi connectivity index (χ2n) is 3.84. The van der Waals surface area contributed by atoms with Gasteiger partial charge < -0.3 is 5.73 Å². The highest BCUT2D eigenvalue weighted by atomic mass is 79.9. The number of hydrogen-bond donors (Lipinski definition) is 2. The third-order valence-electron chi connectivity index (χ3n) is 2.66. The van der Waals surface area contributed by atoms with Crippen molar-refractivity contribution in [2.24, 2.45) is 5.73 Å². The van der Waals surface area contributed by atoms with Crippen LogP contribution in [0, 0.1) is 0 Å². The number of hydrogen-bond acceptors (Lipinski definition) is 2. The standard InChI is InChI=1S/C12H11BrN4/c13-9-3-1-8(2-4-9)11-5-12-15-10(6-14)7-17(12)16-11/h1-5,7,16H,6,14H2. The first kappa shape index (κ1) is 10.6. The molecule has 0 aliphatic carbocycles.